The predicted octanol–water partition coefficient (Wildman–Crippen LogP) is 3.56. The van der Waals surface area contributed by atoms with E-state index in [9.17, 15) is 9.59 Å². The second kappa shape index (κ2) is 7.82. The zero-order valence-corrected chi connectivity index (χ0v) is 13.1. The van der Waals surface area contributed by atoms with E-state index in [1.165, 1.54) is 0 Å². The van der Waals surface area contributed by atoms with Crippen molar-refractivity contribution in [1.82, 2.24) is 0 Å². The predicted molar refractivity (Wildman–Crippen MR) is 85.6 cm³/mol. The third kappa shape index (κ3) is 3.59. The Bertz CT molecular complexity index is 626. The molecular formula is C16H14Cl2O4. The van der Waals surface area contributed by atoms with Gasteiger partial charge in [-0.3, -0.25) is 0 Å². The number of esters is 2. The van der Waals surface area contributed by atoms with Crippen LogP contribution < -0.4 is 0 Å². The summed E-state index contributed by atoms with van der Waals surface area (Å²) in [6, 6.07) is 14.9. The molecule has 2 aliphatic rings. The van der Waals surface area contributed by atoms with Crippen molar-refractivity contribution in [2.45, 2.75) is 13.2 Å². The number of carbonyl (C=O) groups excluding carboxylic acids is 2. The molecule has 2 aliphatic heterocycles. The SMILES string of the molecule is Cl.Cl.O=C1OCc2ccccc21.O=C1OCc2ccccc21. The first kappa shape index (κ1) is 18.0. The van der Waals surface area contributed by atoms with Gasteiger partial charge in [-0.05, 0) is 12.1 Å². The number of fused-ring (bicyclic) bond motifs is 2. The molecule has 2 aromatic carbocycles. The molecule has 0 radical (unpaired) electrons. The Morgan fingerprint density at radius 3 is 1.36 bits per heavy atom. The number of benzene rings is 2. The number of cyclic esters (lactones) is 2. The minimum Gasteiger partial charge on any atom is -0.457 e. The van der Waals surface area contributed by atoms with Crippen LogP contribution >= 0.6 is 24.8 Å². The van der Waals surface area contributed by atoms with Gasteiger partial charge in [0.05, 0.1) is 11.1 Å². The summed E-state index contributed by atoms with van der Waals surface area (Å²) < 4.78 is 9.57. The third-order valence-electron chi connectivity index (χ3n) is 3.19. The molecule has 4 nitrogen and oxygen atoms in total. The fraction of sp³-hybridized carbons (Fsp3) is 0.125. The smallest absolute Gasteiger partial charge is 0.338 e. The molecule has 4 rings (SSSR count). The van der Waals surface area contributed by atoms with E-state index in [0.717, 1.165) is 11.1 Å². The molecular weight excluding hydrogens is 327 g/mol. The number of hydrogen-bond acceptors (Lipinski definition) is 4. The van der Waals surface area contributed by atoms with E-state index in [-0.39, 0.29) is 36.8 Å². The average Bonchev–Trinajstić information content (AvgIpc) is 3.05. The Hall–Kier alpha value is -2.04. The molecule has 116 valence electrons. The summed E-state index contributed by atoms with van der Waals surface area (Å²) in [5, 5.41) is 0. The number of halogens is 2. The van der Waals surface area contributed by atoms with Crippen molar-refractivity contribution in [3.05, 3.63) is 70.8 Å². The highest BCUT2D eigenvalue weighted by atomic mass is 35.5. The Balaban J connectivity index is 0.000000202. The van der Waals surface area contributed by atoms with Crippen LogP contribution in [0, 0.1) is 0 Å². The van der Waals surface area contributed by atoms with Gasteiger partial charge in [-0.1, -0.05) is 36.4 Å². The van der Waals surface area contributed by atoms with Crippen molar-refractivity contribution in [3.8, 4) is 0 Å². The van der Waals surface area contributed by atoms with Gasteiger partial charge in [-0.2, -0.15) is 0 Å². The largest absolute Gasteiger partial charge is 0.457 e. The molecule has 0 saturated heterocycles. The highest BCUT2D eigenvalue weighted by molar-refractivity contribution is 5.93. The van der Waals surface area contributed by atoms with Gasteiger partial charge < -0.3 is 9.47 Å². The highest BCUT2D eigenvalue weighted by Crippen LogP contribution is 2.18. The lowest BCUT2D eigenvalue weighted by Gasteiger charge is -1.87. The van der Waals surface area contributed by atoms with Crippen molar-refractivity contribution in [1.29, 1.82) is 0 Å². The van der Waals surface area contributed by atoms with Gasteiger partial charge in [0.15, 0.2) is 0 Å². The molecule has 0 aromatic heterocycles. The molecule has 0 N–H and O–H groups in total. The van der Waals surface area contributed by atoms with Crippen LogP contribution in [0.5, 0.6) is 0 Å². The molecule has 2 aromatic rings. The summed E-state index contributed by atoms with van der Waals surface area (Å²) in [5.74, 6) is -0.397. The van der Waals surface area contributed by atoms with Crippen LogP contribution in [0.4, 0.5) is 0 Å². The molecule has 0 saturated carbocycles. The second-order valence-corrected chi connectivity index (χ2v) is 4.47. The van der Waals surface area contributed by atoms with Gasteiger partial charge in [-0.25, -0.2) is 9.59 Å². The zero-order chi connectivity index (χ0) is 13.9. The fourth-order valence-corrected chi connectivity index (χ4v) is 2.13. The van der Waals surface area contributed by atoms with E-state index < -0.39 is 0 Å². The van der Waals surface area contributed by atoms with E-state index in [1.807, 2.05) is 36.4 Å². The Morgan fingerprint density at radius 1 is 0.636 bits per heavy atom. The first-order chi connectivity index (χ1) is 9.75. The van der Waals surface area contributed by atoms with Gasteiger partial charge in [-0.15, -0.1) is 24.8 Å². The van der Waals surface area contributed by atoms with Crippen molar-refractivity contribution in [2.75, 3.05) is 0 Å². The standard InChI is InChI=1S/2C8H6O2.2ClH/c2*9-8-7-4-2-1-3-6(7)5-10-8;;/h2*1-4H,5H2;2*1H. The van der Waals surface area contributed by atoms with Crippen LogP contribution in [0.25, 0.3) is 0 Å². The van der Waals surface area contributed by atoms with E-state index in [4.69, 9.17) is 9.47 Å². The summed E-state index contributed by atoms with van der Waals surface area (Å²) in [6.07, 6.45) is 0. The van der Waals surface area contributed by atoms with Crippen molar-refractivity contribution in [3.63, 3.8) is 0 Å². The fourth-order valence-electron chi connectivity index (χ4n) is 2.13. The summed E-state index contributed by atoms with van der Waals surface area (Å²) >= 11 is 0. The van der Waals surface area contributed by atoms with E-state index in [1.54, 1.807) is 12.1 Å². The summed E-state index contributed by atoms with van der Waals surface area (Å²) in [6.45, 7) is 0.879. The molecule has 0 amide bonds. The number of ether oxygens (including phenoxy) is 2. The van der Waals surface area contributed by atoms with Crippen LogP contribution in [0.3, 0.4) is 0 Å². The molecule has 0 unspecified atom stereocenters. The maximum Gasteiger partial charge on any atom is 0.338 e. The van der Waals surface area contributed by atoms with Gasteiger partial charge in [0.25, 0.3) is 0 Å². The molecule has 0 spiro atoms. The molecule has 6 heteroatoms. The van der Waals surface area contributed by atoms with Crippen molar-refractivity contribution >= 4 is 36.8 Å². The van der Waals surface area contributed by atoms with Gasteiger partial charge in [0.2, 0.25) is 0 Å². The Labute approximate surface area is 140 Å². The van der Waals surface area contributed by atoms with Crippen LogP contribution in [-0.4, -0.2) is 11.9 Å². The van der Waals surface area contributed by atoms with Crippen LogP contribution in [-0.2, 0) is 22.7 Å². The van der Waals surface area contributed by atoms with Crippen LogP contribution in [0.2, 0.25) is 0 Å². The Kier molecular flexibility index (Phi) is 6.40. The number of carbonyl (C=O) groups is 2. The van der Waals surface area contributed by atoms with Gasteiger partial charge in [0.1, 0.15) is 13.2 Å². The first-order valence-electron chi connectivity index (χ1n) is 6.26. The van der Waals surface area contributed by atoms with Crippen LogP contribution in [0.1, 0.15) is 31.8 Å². The maximum atomic E-state index is 10.8. The molecule has 0 atom stereocenters. The second-order valence-electron chi connectivity index (χ2n) is 4.47. The minimum atomic E-state index is -0.199. The van der Waals surface area contributed by atoms with Crippen molar-refractivity contribution < 1.29 is 19.1 Å². The lowest BCUT2D eigenvalue weighted by atomic mass is 10.1. The van der Waals surface area contributed by atoms with Gasteiger partial charge in [0, 0.05) is 11.1 Å². The molecule has 0 aliphatic carbocycles. The van der Waals surface area contributed by atoms with Crippen molar-refractivity contribution in [2.24, 2.45) is 0 Å². The number of rotatable bonds is 0. The lowest BCUT2D eigenvalue weighted by molar-refractivity contribution is 0.0526. The lowest BCUT2D eigenvalue weighted by Crippen LogP contribution is -1.91. The summed E-state index contributed by atoms with van der Waals surface area (Å²) in [7, 11) is 0. The normalized spacial score (nSPS) is 13.3. The third-order valence-corrected chi connectivity index (χ3v) is 3.19. The van der Waals surface area contributed by atoms with E-state index >= 15 is 0 Å². The van der Waals surface area contributed by atoms with Gasteiger partial charge >= 0.3 is 11.9 Å². The maximum absolute atomic E-state index is 10.8. The first-order valence-corrected chi connectivity index (χ1v) is 6.26. The highest BCUT2D eigenvalue weighted by Gasteiger charge is 2.19. The van der Waals surface area contributed by atoms with E-state index in [0.29, 0.717) is 24.3 Å². The van der Waals surface area contributed by atoms with E-state index in [2.05, 4.69) is 0 Å². The minimum absolute atomic E-state index is 0. The Morgan fingerprint density at radius 2 is 1.00 bits per heavy atom. The summed E-state index contributed by atoms with van der Waals surface area (Å²) in [5.41, 5.74) is 3.41. The van der Waals surface area contributed by atoms with Crippen LogP contribution in [0.15, 0.2) is 48.5 Å². The quantitative estimate of drug-likeness (QED) is 0.688. The monoisotopic (exact) mass is 340 g/mol. The zero-order valence-electron chi connectivity index (χ0n) is 11.5. The topological polar surface area (TPSA) is 52.6 Å². The molecule has 0 bridgehead atoms. The molecule has 22 heavy (non-hydrogen) atoms. The summed E-state index contributed by atoms with van der Waals surface area (Å²) in [4.78, 5) is 21.7. The molecule has 2 heterocycles. The molecule has 0 fully saturated rings. The average molecular weight is 341 g/mol. The number of hydrogen-bond donors (Lipinski definition) is 0.